The summed E-state index contributed by atoms with van der Waals surface area (Å²) >= 11 is 0. The van der Waals surface area contributed by atoms with Crippen LogP contribution >= 0.6 is 0 Å². The highest BCUT2D eigenvalue weighted by Crippen LogP contribution is 2.45. The van der Waals surface area contributed by atoms with Gasteiger partial charge in [0.25, 0.3) is 0 Å². The van der Waals surface area contributed by atoms with E-state index in [-0.39, 0.29) is 0 Å². The van der Waals surface area contributed by atoms with Gasteiger partial charge in [0.05, 0.1) is 0 Å². The monoisotopic (exact) mass is 620 g/mol. The van der Waals surface area contributed by atoms with Crippen LogP contribution in [0.25, 0.3) is 109 Å². The van der Waals surface area contributed by atoms with Crippen molar-refractivity contribution in [1.29, 1.82) is 0 Å². The summed E-state index contributed by atoms with van der Waals surface area (Å²) < 4.78 is 6.37. The minimum atomic E-state index is 0.920. The molecule has 10 aromatic carbocycles. The molecule has 0 saturated heterocycles. The first kappa shape index (κ1) is 26.6. The Bertz CT molecular complexity index is 3140. The molecule has 49 heavy (non-hydrogen) atoms. The van der Waals surface area contributed by atoms with Gasteiger partial charge in [0.2, 0.25) is 0 Å². The zero-order chi connectivity index (χ0) is 32.1. The van der Waals surface area contributed by atoms with E-state index in [1.807, 2.05) is 0 Å². The molecule has 0 unspecified atom stereocenters. The predicted octanol–water partition coefficient (Wildman–Crippen LogP) is 13.8. The SMILES string of the molecule is c1ccc2c(c1)ccc1c3cc(-c4ccc(-c5ccc6c(c5)c5ccccc5c5c7ccccc7c7ccccc7c65)cc4)ccc3oc21. The van der Waals surface area contributed by atoms with E-state index in [4.69, 9.17) is 4.42 Å². The van der Waals surface area contributed by atoms with Gasteiger partial charge in [-0.1, -0.05) is 146 Å². The maximum absolute atomic E-state index is 6.37. The Hall–Kier alpha value is -6.44. The van der Waals surface area contributed by atoms with Gasteiger partial charge in [-0.25, -0.2) is 0 Å². The molecule has 0 N–H and O–H groups in total. The average molecular weight is 621 g/mol. The minimum Gasteiger partial charge on any atom is -0.455 e. The first-order chi connectivity index (χ1) is 24.3. The second kappa shape index (κ2) is 10.0. The Labute approximate surface area is 282 Å². The van der Waals surface area contributed by atoms with Crippen molar-refractivity contribution >= 4 is 86.6 Å². The number of furan rings is 1. The van der Waals surface area contributed by atoms with Crippen LogP contribution in [0, 0.1) is 0 Å². The van der Waals surface area contributed by atoms with E-state index >= 15 is 0 Å². The summed E-state index contributed by atoms with van der Waals surface area (Å²) in [5, 5.41) is 17.7. The first-order valence-corrected chi connectivity index (χ1v) is 16.9. The maximum atomic E-state index is 6.37. The lowest BCUT2D eigenvalue weighted by Gasteiger charge is -2.17. The third-order valence-electron chi connectivity index (χ3n) is 10.6. The first-order valence-electron chi connectivity index (χ1n) is 16.9. The molecule has 11 rings (SSSR count). The van der Waals surface area contributed by atoms with E-state index in [0.717, 1.165) is 27.3 Å². The molecule has 0 fully saturated rings. The van der Waals surface area contributed by atoms with Crippen molar-refractivity contribution in [3.63, 3.8) is 0 Å². The molecule has 226 valence electrons. The second-order valence-corrected chi connectivity index (χ2v) is 13.2. The number of rotatable bonds is 2. The summed E-state index contributed by atoms with van der Waals surface area (Å²) in [7, 11) is 0. The molecular formula is C48H28O. The quantitative estimate of drug-likeness (QED) is 0.175. The van der Waals surface area contributed by atoms with E-state index in [2.05, 4.69) is 170 Å². The molecule has 0 aliphatic heterocycles. The standard InChI is InChI=1S/C48H28O/c1-2-10-34-31(9-1)21-25-42-44-28-33(23-26-45(44)49-48(34)42)30-19-17-29(18-20-30)32-22-24-41-43(27-32)37-13-5-8-16-40(37)46-38-14-6-3-11-35(38)36-12-4-7-15-39(36)47(41)46/h1-28H. The molecule has 1 aromatic heterocycles. The van der Waals surface area contributed by atoms with Crippen LogP contribution in [0.1, 0.15) is 0 Å². The third kappa shape index (κ3) is 3.82. The van der Waals surface area contributed by atoms with Crippen molar-refractivity contribution in [2.75, 3.05) is 0 Å². The van der Waals surface area contributed by atoms with Crippen LogP contribution in [0.3, 0.4) is 0 Å². The number of fused-ring (bicyclic) bond motifs is 16. The number of hydrogen-bond acceptors (Lipinski definition) is 1. The molecule has 11 aromatic rings. The normalized spacial score (nSPS) is 12.1. The minimum absolute atomic E-state index is 0.920. The van der Waals surface area contributed by atoms with E-state index in [1.54, 1.807) is 0 Å². The van der Waals surface area contributed by atoms with Crippen molar-refractivity contribution in [3.8, 4) is 22.3 Å². The van der Waals surface area contributed by atoms with Gasteiger partial charge in [-0.3, -0.25) is 0 Å². The van der Waals surface area contributed by atoms with Gasteiger partial charge < -0.3 is 4.42 Å². The highest BCUT2D eigenvalue weighted by Gasteiger charge is 2.16. The topological polar surface area (TPSA) is 13.1 Å². The van der Waals surface area contributed by atoms with E-state index < -0.39 is 0 Å². The van der Waals surface area contributed by atoms with Gasteiger partial charge in [0, 0.05) is 16.2 Å². The molecule has 0 atom stereocenters. The van der Waals surface area contributed by atoms with Gasteiger partial charge in [-0.05, 0) is 106 Å². The fourth-order valence-electron chi connectivity index (χ4n) is 8.34. The van der Waals surface area contributed by atoms with Crippen LogP contribution in [-0.4, -0.2) is 0 Å². The Morgan fingerprint density at radius 2 is 0.694 bits per heavy atom. The van der Waals surface area contributed by atoms with Crippen LogP contribution in [0.2, 0.25) is 0 Å². The summed E-state index contributed by atoms with van der Waals surface area (Å²) in [4.78, 5) is 0. The summed E-state index contributed by atoms with van der Waals surface area (Å²) in [6.07, 6.45) is 0. The Morgan fingerprint density at radius 3 is 1.31 bits per heavy atom. The van der Waals surface area contributed by atoms with E-state index in [0.29, 0.717) is 0 Å². The van der Waals surface area contributed by atoms with E-state index in [1.165, 1.54) is 81.5 Å². The van der Waals surface area contributed by atoms with Gasteiger partial charge in [-0.15, -0.1) is 0 Å². The largest absolute Gasteiger partial charge is 0.455 e. The molecule has 0 aliphatic rings. The lowest BCUT2D eigenvalue weighted by Crippen LogP contribution is -1.89. The fraction of sp³-hybridized carbons (Fsp3) is 0. The lowest BCUT2D eigenvalue weighted by atomic mass is 9.86. The zero-order valence-electron chi connectivity index (χ0n) is 26.6. The van der Waals surface area contributed by atoms with Gasteiger partial charge in [-0.2, -0.15) is 0 Å². The fourth-order valence-corrected chi connectivity index (χ4v) is 8.34. The maximum Gasteiger partial charge on any atom is 0.143 e. The zero-order valence-corrected chi connectivity index (χ0v) is 26.6. The molecule has 1 heterocycles. The molecule has 0 spiro atoms. The molecule has 0 aliphatic carbocycles. The van der Waals surface area contributed by atoms with Crippen molar-refractivity contribution in [2.45, 2.75) is 0 Å². The molecule has 0 saturated carbocycles. The van der Waals surface area contributed by atoms with Crippen LogP contribution in [-0.2, 0) is 0 Å². The van der Waals surface area contributed by atoms with Gasteiger partial charge >= 0.3 is 0 Å². The highest BCUT2D eigenvalue weighted by atomic mass is 16.3. The van der Waals surface area contributed by atoms with Gasteiger partial charge in [0.15, 0.2) is 0 Å². The number of hydrogen-bond donors (Lipinski definition) is 0. The third-order valence-corrected chi connectivity index (χ3v) is 10.6. The highest BCUT2D eigenvalue weighted by molar-refractivity contribution is 6.39. The second-order valence-electron chi connectivity index (χ2n) is 13.2. The van der Waals surface area contributed by atoms with Crippen molar-refractivity contribution in [2.24, 2.45) is 0 Å². The summed E-state index contributed by atoms with van der Waals surface area (Å²) in [5.41, 5.74) is 6.68. The van der Waals surface area contributed by atoms with Crippen LogP contribution in [0.4, 0.5) is 0 Å². The molecule has 1 heteroatoms. The van der Waals surface area contributed by atoms with Crippen LogP contribution in [0.15, 0.2) is 174 Å². The summed E-state index contributed by atoms with van der Waals surface area (Å²) in [5.74, 6) is 0. The van der Waals surface area contributed by atoms with Crippen molar-refractivity contribution in [1.82, 2.24) is 0 Å². The molecule has 0 radical (unpaired) electrons. The molecule has 0 amide bonds. The Kier molecular flexibility index (Phi) is 5.45. The molecule has 0 bridgehead atoms. The summed E-state index contributed by atoms with van der Waals surface area (Å²) in [6, 6.07) is 62.1. The molecular weight excluding hydrogens is 593 g/mol. The molecule has 1 nitrogen and oxygen atoms in total. The van der Waals surface area contributed by atoms with Crippen molar-refractivity contribution < 1.29 is 4.42 Å². The lowest BCUT2D eigenvalue weighted by molar-refractivity contribution is 0.672. The Balaban J connectivity index is 1.07. The Morgan fingerprint density at radius 1 is 0.265 bits per heavy atom. The predicted molar refractivity (Wildman–Crippen MR) is 210 cm³/mol. The summed E-state index contributed by atoms with van der Waals surface area (Å²) in [6.45, 7) is 0. The van der Waals surface area contributed by atoms with E-state index in [9.17, 15) is 0 Å². The van der Waals surface area contributed by atoms with Gasteiger partial charge in [0.1, 0.15) is 11.2 Å². The van der Waals surface area contributed by atoms with Crippen LogP contribution in [0.5, 0.6) is 0 Å². The van der Waals surface area contributed by atoms with Crippen molar-refractivity contribution in [3.05, 3.63) is 170 Å². The average Bonchev–Trinajstić information content (AvgIpc) is 3.56. The number of benzene rings is 10. The van der Waals surface area contributed by atoms with Crippen LogP contribution < -0.4 is 0 Å². The smallest absolute Gasteiger partial charge is 0.143 e.